The molecule has 0 amide bonds. The zero-order chi connectivity index (χ0) is 14.9. The lowest BCUT2D eigenvalue weighted by Crippen LogP contribution is -2.42. The van der Waals surface area contributed by atoms with Gasteiger partial charge in [-0.05, 0) is 0 Å². The third kappa shape index (κ3) is 3.30. The van der Waals surface area contributed by atoms with Gasteiger partial charge in [0.25, 0.3) is 5.56 Å². The van der Waals surface area contributed by atoms with Crippen LogP contribution in [0.1, 0.15) is 10.4 Å². The monoisotopic (exact) mass is 333 g/mol. The van der Waals surface area contributed by atoms with Crippen molar-refractivity contribution in [1.82, 2.24) is 14.5 Å². The van der Waals surface area contributed by atoms with Crippen molar-refractivity contribution in [2.24, 2.45) is 19.1 Å². The summed E-state index contributed by atoms with van der Waals surface area (Å²) in [7, 11) is 2.74. The van der Waals surface area contributed by atoms with Gasteiger partial charge >= 0.3 is 5.69 Å². The summed E-state index contributed by atoms with van der Waals surface area (Å²) in [4.78, 5) is 39.9. The SMILES string of the molecule is Cl.Cn1c(N)c(C(=O)CSC2=NCCN2)c(=O)n(C)c1=O. The smallest absolute Gasteiger partial charge is 0.332 e. The molecule has 0 fully saturated rings. The van der Waals surface area contributed by atoms with Crippen LogP contribution >= 0.6 is 24.2 Å². The Kier molecular flexibility index (Phi) is 5.62. The van der Waals surface area contributed by atoms with Crippen molar-refractivity contribution in [3.63, 3.8) is 0 Å². The Hall–Kier alpha value is -1.74. The molecule has 1 aliphatic rings. The van der Waals surface area contributed by atoms with Gasteiger partial charge in [0, 0.05) is 20.6 Å². The maximum atomic E-state index is 12.1. The van der Waals surface area contributed by atoms with Crippen LogP contribution in [0.4, 0.5) is 5.82 Å². The van der Waals surface area contributed by atoms with Crippen molar-refractivity contribution in [2.45, 2.75) is 0 Å². The minimum absolute atomic E-state index is 0. The second-order valence-electron chi connectivity index (χ2n) is 4.29. The molecule has 0 radical (unpaired) electrons. The number of nitrogen functional groups attached to an aromatic ring is 1. The number of amidine groups is 1. The third-order valence-corrected chi connectivity index (χ3v) is 3.93. The third-order valence-electron chi connectivity index (χ3n) is 2.97. The number of halogens is 1. The van der Waals surface area contributed by atoms with Gasteiger partial charge in [-0.3, -0.25) is 23.7 Å². The summed E-state index contributed by atoms with van der Waals surface area (Å²) in [6.07, 6.45) is 0. The van der Waals surface area contributed by atoms with E-state index in [1.165, 1.54) is 25.9 Å². The Morgan fingerprint density at radius 3 is 2.62 bits per heavy atom. The highest BCUT2D eigenvalue weighted by molar-refractivity contribution is 8.14. The number of carbonyl (C=O) groups is 1. The number of Topliss-reactive ketones (excluding diaryl/α,β-unsaturated/α-hetero) is 1. The summed E-state index contributed by atoms with van der Waals surface area (Å²) in [5.74, 6) is -0.478. The number of nitrogens with zero attached hydrogens (tertiary/aromatic N) is 3. The Bertz CT molecular complexity index is 709. The number of aliphatic imine (C=N–C) groups is 1. The number of ketones is 1. The molecule has 116 valence electrons. The molecule has 0 spiro atoms. The van der Waals surface area contributed by atoms with Crippen LogP contribution in [0.3, 0.4) is 0 Å². The first-order chi connectivity index (χ1) is 9.43. The Morgan fingerprint density at radius 2 is 2.05 bits per heavy atom. The highest BCUT2D eigenvalue weighted by Gasteiger charge is 2.21. The molecule has 0 saturated carbocycles. The van der Waals surface area contributed by atoms with E-state index in [9.17, 15) is 14.4 Å². The highest BCUT2D eigenvalue weighted by atomic mass is 35.5. The minimum Gasteiger partial charge on any atom is -0.384 e. The van der Waals surface area contributed by atoms with Crippen LogP contribution < -0.4 is 22.3 Å². The van der Waals surface area contributed by atoms with Gasteiger partial charge in [0.2, 0.25) is 0 Å². The molecular formula is C11H16ClN5O3S. The quantitative estimate of drug-likeness (QED) is 0.684. The topological polar surface area (TPSA) is 111 Å². The predicted molar refractivity (Wildman–Crippen MR) is 85.7 cm³/mol. The van der Waals surface area contributed by atoms with E-state index in [0.717, 1.165) is 15.7 Å². The van der Waals surface area contributed by atoms with Crippen LogP contribution in [0.2, 0.25) is 0 Å². The van der Waals surface area contributed by atoms with Gasteiger partial charge in [-0.15, -0.1) is 12.4 Å². The molecule has 10 heteroatoms. The van der Waals surface area contributed by atoms with E-state index in [0.29, 0.717) is 11.7 Å². The zero-order valence-corrected chi connectivity index (χ0v) is 13.2. The van der Waals surface area contributed by atoms with Crippen molar-refractivity contribution in [3.05, 3.63) is 26.4 Å². The van der Waals surface area contributed by atoms with Gasteiger partial charge in [-0.1, -0.05) is 11.8 Å². The maximum absolute atomic E-state index is 12.1. The fraction of sp³-hybridized carbons (Fsp3) is 0.455. The minimum atomic E-state index is -0.669. The molecule has 2 rings (SSSR count). The number of carbonyl (C=O) groups excluding carboxylic acids is 1. The number of nitrogens with one attached hydrogen (secondary N) is 1. The van der Waals surface area contributed by atoms with Gasteiger partial charge in [0.05, 0.1) is 12.3 Å². The van der Waals surface area contributed by atoms with Crippen molar-refractivity contribution in [3.8, 4) is 0 Å². The fourth-order valence-electron chi connectivity index (χ4n) is 1.80. The average Bonchev–Trinajstić information content (AvgIpc) is 2.94. The van der Waals surface area contributed by atoms with E-state index in [-0.39, 0.29) is 29.5 Å². The molecule has 3 N–H and O–H groups in total. The van der Waals surface area contributed by atoms with Gasteiger partial charge in [-0.2, -0.15) is 0 Å². The van der Waals surface area contributed by atoms with E-state index in [1.54, 1.807) is 0 Å². The van der Waals surface area contributed by atoms with Gasteiger partial charge in [-0.25, -0.2) is 4.79 Å². The number of anilines is 1. The number of rotatable bonds is 3. The molecule has 0 unspecified atom stereocenters. The summed E-state index contributed by atoms with van der Waals surface area (Å²) in [6.45, 7) is 1.43. The number of thioether (sulfide) groups is 1. The highest BCUT2D eigenvalue weighted by Crippen LogP contribution is 2.11. The second kappa shape index (κ2) is 6.81. The van der Waals surface area contributed by atoms with Crippen LogP contribution in [-0.2, 0) is 14.1 Å². The average molecular weight is 334 g/mol. The maximum Gasteiger partial charge on any atom is 0.332 e. The molecule has 2 heterocycles. The first-order valence-corrected chi connectivity index (χ1v) is 6.92. The van der Waals surface area contributed by atoms with Crippen LogP contribution in [0.15, 0.2) is 14.6 Å². The van der Waals surface area contributed by atoms with Crippen LogP contribution in [0, 0.1) is 0 Å². The molecule has 8 nitrogen and oxygen atoms in total. The van der Waals surface area contributed by atoms with Gasteiger partial charge < -0.3 is 11.1 Å². The van der Waals surface area contributed by atoms with Crippen LogP contribution in [0.5, 0.6) is 0 Å². The Morgan fingerprint density at radius 1 is 1.38 bits per heavy atom. The zero-order valence-electron chi connectivity index (χ0n) is 11.6. The van der Waals surface area contributed by atoms with Crippen LogP contribution in [-0.4, -0.2) is 38.9 Å². The number of nitrogens with two attached hydrogens (primary N) is 1. The lowest BCUT2D eigenvalue weighted by molar-refractivity contribution is 0.102. The van der Waals surface area contributed by atoms with Crippen molar-refractivity contribution < 1.29 is 4.79 Å². The lowest BCUT2D eigenvalue weighted by Gasteiger charge is -2.10. The number of hydrogen-bond acceptors (Lipinski definition) is 7. The van der Waals surface area contributed by atoms with Crippen molar-refractivity contribution in [2.75, 3.05) is 24.6 Å². The van der Waals surface area contributed by atoms with E-state index < -0.39 is 17.0 Å². The predicted octanol–water partition coefficient (Wildman–Crippen LogP) is -1.04. The molecule has 1 aliphatic heterocycles. The van der Waals surface area contributed by atoms with E-state index in [4.69, 9.17) is 5.73 Å². The number of aromatic nitrogens is 2. The van der Waals surface area contributed by atoms with E-state index >= 15 is 0 Å². The molecule has 0 aromatic carbocycles. The van der Waals surface area contributed by atoms with Crippen LogP contribution in [0.25, 0.3) is 0 Å². The summed E-state index contributed by atoms with van der Waals surface area (Å²) in [6, 6.07) is 0. The van der Waals surface area contributed by atoms with E-state index in [2.05, 4.69) is 10.3 Å². The molecule has 0 aliphatic carbocycles. The van der Waals surface area contributed by atoms with Crippen molar-refractivity contribution >= 4 is 40.9 Å². The van der Waals surface area contributed by atoms with E-state index in [1.807, 2.05) is 0 Å². The molecule has 1 aromatic rings. The number of hydrogen-bond donors (Lipinski definition) is 2. The molecule has 1 aromatic heterocycles. The first-order valence-electron chi connectivity index (χ1n) is 5.93. The van der Waals surface area contributed by atoms with Crippen molar-refractivity contribution in [1.29, 1.82) is 0 Å². The normalized spacial score (nSPS) is 13.3. The second-order valence-corrected chi connectivity index (χ2v) is 5.26. The fourth-order valence-corrected chi connectivity index (χ4v) is 2.60. The summed E-state index contributed by atoms with van der Waals surface area (Å²) in [5.41, 5.74) is 4.33. The summed E-state index contributed by atoms with van der Waals surface area (Å²) < 4.78 is 1.96. The summed E-state index contributed by atoms with van der Waals surface area (Å²) >= 11 is 1.22. The molecule has 0 atom stereocenters. The largest absolute Gasteiger partial charge is 0.384 e. The summed E-state index contributed by atoms with van der Waals surface area (Å²) in [5, 5.41) is 3.69. The van der Waals surface area contributed by atoms with Gasteiger partial charge in [0.15, 0.2) is 11.0 Å². The Balaban J connectivity index is 0.00000220. The molecule has 0 saturated heterocycles. The van der Waals surface area contributed by atoms with Gasteiger partial charge in [0.1, 0.15) is 11.4 Å². The molecular weight excluding hydrogens is 318 g/mol. The molecule has 0 bridgehead atoms. The standard InChI is InChI=1S/C11H15N5O3S.ClH/c1-15-8(12)7(9(18)16(2)11(15)19)6(17)5-20-10-13-3-4-14-10;/h3-5,12H2,1-2H3,(H,13,14);1H. The molecule has 21 heavy (non-hydrogen) atoms. The lowest BCUT2D eigenvalue weighted by atomic mass is 10.2. The Labute approximate surface area is 130 Å². The first kappa shape index (κ1) is 17.3.